The number of aromatic nitrogens is 5. The fourth-order valence-corrected chi connectivity index (χ4v) is 6.21. The smallest absolute Gasteiger partial charge is 0.391 e. The van der Waals surface area contributed by atoms with Crippen molar-refractivity contribution in [3.8, 4) is 17.1 Å². The lowest BCUT2D eigenvalue weighted by atomic mass is 9.75. The lowest BCUT2D eigenvalue weighted by molar-refractivity contribution is -0.669. The van der Waals surface area contributed by atoms with Gasteiger partial charge in [-0.3, -0.25) is 14.5 Å². The van der Waals surface area contributed by atoms with Gasteiger partial charge in [-0.1, -0.05) is 76.6 Å². The number of halogens is 4. The van der Waals surface area contributed by atoms with Crippen molar-refractivity contribution in [3.63, 3.8) is 0 Å². The fraction of sp³-hybridized carbons (Fsp3) is 0.417. The molecule has 4 aromatic rings. The van der Waals surface area contributed by atoms with Crippen molar-refractivity contribution in [2.45, 2.75) is 78.6 Å². The summed E-state index contributed by atoms with van der Waals surface area (Å²) in [6.45, 7) is 10.1. The van der Waals surface area contributed by atoms with E-state index in [9.17, 15) is 22.8 Å². The van der Waals surface area contributed by atoms with Gasteiger partial charge in [-0.2, -0.15) is 13.9 Å². The number of H-pyrrole nitrogens is 1. The van der Waals surface area contributed by atoms with Gasteiger partial charge in [-0.15, -0.1) is 4.68 Å². The van der Waals surface area contributed by atoms with Gasteiger partial charge in [0.1, 0.15) is 12.8 Å². The fourth-order valence-electron chi connectivity index (χ4n) is 6.00. The van der Waals surface area contributed by atoms with E-state index in [1.165, 1.54) is 24.0 Å². The van der Waals surface area contributed by atoms with Crippen LogP contribution in [-0.4, -0.2) is 55.6 Å². The van der Waals surface area contributed by atoms with E-state index in [1.54, 1.807) is 62.6 Å². The van der Waals surface area contributed by atoms with E-state index in [0.717, 1.165) is 16.6 Å². The number of nitrogens with one attached hydrogen (secondary N) is 1. The van der Waals surface area contributed by atoms with Crippen LogP contribution >= 0.6 is 11.6 Å². The number of esters is 1. The van der Waals surface area contributed by atoms with E-state index in [2.05, 4.69) is 20.1 Å². The molecular weight excluding hydrogens is 685 g/mol. The Kier molecular flexibility index (Phi) is 10.6. The average Bonchev–Trinajstić information content (AvgIpc) is 3.65. The first kappa shape index (κ1) is 37.4. The minimum Gasteiger partial charge on any atom is -0.463 e. The predicted molar refractivity (Wildman–Crippen MR) is 184 cm³/mol. The number of benzene rings is 2. The van der Waals surface area contributed by atoms with Gasteiger partial charge >= 0.3 is 18.2 Å². The third-order valence-electron chi connectivity index (χ3n) is 8.89. The number of ether oxygens (including phenoxy) is 1. The number of nitrogens with zero attached hydrogens (tertiary/aromatic N) is 6. The molecule has 1 unspecified atom stereocenters. The molecule has 2 aromatic heterocycles. The molecule has 15 heteroatoms. The molecule has 51 heavy (non-hydrogen) atoms. The summed E-state index contributed by atoms with van der Waals surface area (Å²) in [5.41, 5.74) is 5.44. The zero-order valence-corrected chi connectivity index (χ0v) is 30.0. The van der Waals surface area contributed by atoms with Gasteiger partial charge in [0.2, 0.25) is 6.33 Å². The molecule has 0 saturated carbocycles. The Labute approximate surface area is 299 Å². The number of alkyl halides is 3. The van der Waals surface area contributed by atoms with E-state index < -0.39 is 59.3 Å². The van der Waals surface area contributed by atoms with E-state index in [-0.39, 0.29) is 29.5 Å². The summed E-state index contributed by atoms with van der Waals surface area (Å²) in [6, 6.07) is 12.3. The molecule has 0 fully saturated rings. The molecule has 0 radical (unpaired) electrons. The van der Waals surface area contributed by atoms with Crippen LogP contribution in [0.2, 0.25) is 5.02 Å². The van der Waals surface area contributed by atoms with E-state index >= 15 is 0 Å². The summed E-state index contributed by atoms with van der Waals surface area (Å²) < 4.78 is 48.8. The normalized spacial score (nSPS) is 17.8. The van der Waals surface area contributed by atoms with E-state index in [0.29, 0.717) is 17.0 Å². The Morgan fingerprint density at radius 1 is 1.06 bits per heavy atom. The topological polar surface area (TPSA) is 143 Å². The number of aliphatic imine (C=N–C) groups is 1. The summed E-state index contributed by atoms with van der Waals surface area (Å²) >= 11 is 6.50. The van der Waals surface area contributed by atoms with Crippen molar-refractivity contribution < 1.29 is 32.2 Å². The monoisotopic (exact) mass is 725 g/mol. The van der Waals surface area contributed by atoms with Gasteiger partial charge in [0, 0.05) is 23.4 Å². The van der Waals surface area contributed by atoms with Crippen LogP contribution in [0.5, 0.6) is 0 Å². The lowest BCUT2D eigenvalue weighted by Crippen LogP contribution is -2.47. The molecule has 0 spiro atoms. The maximum atomic E-state index is 14.9. The summed E-state index contributed by atoms with van der Waals surface area (Å²) in [5.74, 6) is -1.42. The van der Waals surface area contributed by atoms with Crippen LogP contribution in [0.4, 0.5) is 13.2 Å². The second kappa shape index (κ2) is 14.4. The molecule has 1 aliphatic rings. The predicted octanol–water partition coefficient (Wildman–Crippen LogP) is 6.58. The number of hydrogen-bond acceptors (Lipinski definition) is 8. The molecule has 0 bridgehead atoms. The molecule has 0 saturated heterocycles. The maximum absolute atomic E-state index is 14.9. The Morgan fingerprint density at radius 3 is 2.33 bits per heavy atom. The van der Waals surface area contributed by atoms with Crippen molar-refractivity contribution >= 4 is 29.4 Å². The standard InChI is InChI=1S/C36H40ClF3N8O3/c1-21(38)35(5,6)17-28(49)51-18-27(23-10-13-25(37)26(16-23)48-31(29(39)40)44-20-45-48)47-32(50)36(46-33(47)41,19-34(2,3)4)24-11-8-22(9-12-24)30-42-14-7-15-43-30/h7-16,20-21,27,29H,17-19H2,1-6H3,(H2,41,46)/p+1/t21?,27-,36-/m1/s1. The second-order valence-electron chi connectivity index (χ2n) is 14.5. The average molecular weight is 726 g/mol. The van der Waals surface area contributed by atoms with Crippen LogP contribution in [0.25, 0.3) is 17.1 Å². The molecular formula is C36H41ClF3N8O3+. The van der Waals surface area contributed by atoms with E-state index in [4.69, 9.17) is 27.1 Å². The first-order valence-corrected chi connectivity index (χ1v) is 16.7. The van der Waals surface area contributed by atoms with Crippen LogP contribution < -0.4 is 10.4 Å². The largest absolute Gasteiger partial charge is 0.463 e. The number of hydrogen-bond donors (Lipinski definition) is 2. The minimum atomic E-state index is -2.94. The lowest BCUT2D eigenvalue weighted by Gasteiger charge is -2.35. The highest BCUT2D eigenvalue weighted by molar-refractivity contribution is 6.32. The van der Waals surface area contributed by atoms with Gasteiger partial charge in [-0.25, -0.2) is 19.4 Å². The van der Waals surface area contributed by atoms with Crippen LogP contribution in [0.3, 0.4) is 0 Å². The molecule has 3 N–H and O–H groups in total. The molecule has 2 aromatic carbocycles. The van der Waals surface area contributed by atoms with Crippen LogP contribution in [-0.2, 0) is 19.9 Å². The summed E-state index contributed by atoms with van der Waals surface area (Å²) in [7, 11) is 0. The molecule has 1 amide bonds. The van der Waals surface area contributed by atoms with Crippen LogP contribution in [0, 0.1) is 10.8 Å². The number of nitrogens with two attached hydrogens (primary N) is 1. The number of rotatable bonds is 12. The summed E-state index contributed by atoms with van der Waals surface area (Å²) in [5, 5.41) is 2.74. The summed E-state index contributed by atoms with van der Waals surface area (Å²) in [6.07, 6.45) is 0.128. The number of carbonyl (C=O) groups excluding carboxylic acids is 2. The highest BCUT2D eigenvalue weighted by Crippen LogP contribution is 2.45. The number of amides is 1. The van der Waals surface area contributed by atoms with E-state index in [1.807, 2.05) is 20.8 Å². The molecule has 5 rings (SSSR count). The zero-order chi connectivity index (χ0) is 37.3. The highest BCUT2D eigenvalue weighted by Gasteiger charge is 2.53. The molecule has 11 nitrogen and oxygen atoms in total. The second-order valence-corrected chi connectivity index (χ2v) is 14.9. The van der Waals surface area contributed by atoms with Crippen LogP contribution in [0.15, 0.2) is 72.2 Å². The number of guanidine groups is 1. The van der Waals surface area contributed by atoms with Crippen molar-refractivity contribution in [2.75, 3.05) is 6.61 Å². The highest BCUT2D eigenvalue weighted by atomic mass is 35.5. The minimum absolute atomic E-state index is 0.100. The van der Waals surface area contributed by atoms with Crippen molar-refractivity contribution in [1.29, 1.82) is 0 Å². The van der Waals surface area contributed by atoms with Gasteiger partial charge in [-0.05, 0) is 53.1 Å². The first-order valence-electron chi connectivity index (χ1n) is 16.3. The van der Waals surface area contributed by atoms with Gasteiger partial charge in [0.15, 0.2) is 23.0 Å². The Bertz CT molecular complexity index is 1910. The number of aromatic amines is 1. The quantitative estimate of drug-likeness (QED) is 0.124. The molecule has 1 aliphatic heterocycles. The molecule has 3 atom stereocenters. The van der Waals surface area contributed by atoms with Crippen molar-refractivity contribution in [1.82, 2.24) is 25.0 Å². The first-order chi connectivity index (χ1) is 23.9. The molecule has 3 heterocycles. The molecule has 0 aliphatic carbocycles. The van der Waals surface area contributed by atoms with Crippen LogP contribution in [0.1, 0.15) is 83.8 Å². The number of carbonyl (C=O) groups is 2. The Hall–Kier alpha value is -4.85. The summed E-state index contributed by atoms with van der Waals surface area (Å²) in [4.78, 5) is 46.5. The Morgan fingerprint density at radius 2 is 1.73 bits per heavy atom. The third-order valence-corrected chi connectivity index (χ3v) is 9.21. The maximum Gasteiger partial charge on any atom is 0.391 e. The Balaban J connectivity index is 1.59. The van der Waals surface area contributed by atoms with Gasteiger partial charge in [0.25, 0.3) is 5.91 Å². The zero-order valence-electron chi connectivity index (χ0n) is 29.2. The third kappa shape index (κ3) is 7.90. The van der Waals surface area contributed by atoms with Crippen molar-refractivity contribution in [2.24, 2.45) is 21.6 Å². The SMILES string of the molecule is CC(F)C(C)(C)CC(=O)OC[C@H](c1ccc(Cl)c(-[n+]2[nH]cnc2C(F)F)c1)N1C(=O)[C@@](CC(C)(C)C)(c2ccc(-c3ncccn3)cc2)N=C1N. The van der Waals surface area contributed by atoms with Gasteiger partial charge in [0.05, 0.1) is 17.5 Å². The van der Waals surface area contributed by atoms with Crippen molar-refractivity contribution in [3.05, 3.63) is 89.2 Å². The van der Waals surface area contributed by atoms with Gasteiger partial charge < -0.3 is 10.5 Å². The molecule has 270 valence electrons.